The van der Waals surface area contributed by atoms with Crippen molar-refractivity contribution in [3.63, 3.8) is 0 Å². The molecular weight excluding hydrogens is 514 g/mol. The van der Waals surface area contributed by atoms with Crippen molar-refractivity contribution in [1.82, 2.24) is 15.1 Å². The standard InChI is InChI=1S/C32H43N7O2/c1-24-7-8-27(35-32(40)38-16-3-2-4-17-38)21-30(24)39-18-13-29-25(23-39)22-33-31(36-29)34-26-9-11-28(12-10-26)41-20-19-37-14-5-6-15-37/h7-12,21H,2-6,13-20,22-23H2,1H3,(H,35,40)(H2,33,34,36). The molecule has 9 nitrogen and oxygen atoms in total. The van der Waals surface area contributed by atoms with Crippen LogP contribution in [-0.4, -0.2) is 80.8 Å². The van der Waals surface area contributed by atoms with Gasteiger partial charge in [0.05, 0.1) is 6.54 Å². The number of ether oxygens (including phenoxy) is 1. The first-order valence-corrected chi connectivity index (χ1v) is 15.3. The van der Waals surface area contributed by atoms with Gasteiger partial charge in [0.2, 0.25) is 0 Å². The Kier molecular flexibility index (Phi) is 8.60. The number of guanidine groups is 1. The minimum Gasteiger partial charge on any atom is -0.492 e. The number of nitrogens with one attached hydrogen (secondary N) is 3. The van der Waals surface area contributed by atoms with Gasteiger partial charge in [-0.1, -0.05) is 6.07 Å². The van der Waals surface area contributed by atoms with Crippen molar-refractivity contribution in [2.24, 2.45) is 4.99 Å². The van der Waals surface area contributed by atoms with E-state index in [-0.39, 0.29) is 6.03 Å². The quantitative estimate of drug-likeness (QED) is 0.443. The summed E-state index contributed by atoms with van der Waals surface area (Å²) < 4.78 is 5.94. The largest absolute Gasteiger partial charge is 0.492 e. The molecule has 2 fully saturated rings. The molecule has 3 N–H and O–H groups in total. The van der Waals surface area contributed by atoms with Crippen LogP contribution in [0.15, 0.2) is 58.7 Å². The van der Waals surface area contributed by atoms with Crippen molar-refractivity contribution in [1.29, 1.82) is 0 Å². The fraction of sp³-hybridized carbons (Fsp3) is 0.500. The zero-order valence-corrected chi connectivity index (χ0v) is 24.3. The van der Waals surface area contributed by atoms with Gasteiger partial charge in [-0.05, 0) is 99.7 Å². The van der Waals surface area contributed by atoms with Gasteiger partial charge in [0.1, 0.15) is 12.4 Å². The number of carbonyl (C=O) groups is 1. The molecule has 0 saturated carbocycles. The molecule has 0 bridgehead atoms. The third kappa shape index (κ3) is 6.96. The highest BCUT2D eigenvalue weighted by atomic mass is 16.5. The van der Waals surface area contributed by atoms with Crippen LogP contribution >= 0.6 is 0 Å². The van der Waals surface area contributed by atoms with Crippen molar-refractivity contribution in [2.45, 2.75) is 45.4 Å². The molecule has 4 aliphatic rings. The summed E-state index contributed by atoms with van der Waals surface area (Å²) in [5.41, 5.74) is 6.80. The summed E-state index contributed by atoms with van der Waals surface area (Å²) in [7, 11) is 0. The molecule has 2 amide bonds. The summed E-state index contributed by atoms with van der Waals surface area (Å²) in [5.74, 6) is 1.69. The summed E-state index contributed by atoms with van der Waals surface area (Å²) in [4.78, 5) is 24.3. The van der Waals surface area contributed by atoms with E-state index in [4.69, 9.17) is 9.73 Å². The first-order valence-electron chi connectivity index (χ1n) is 15.3. The molecule has 2 aromatic carbocycles. The maximum absolute atomic E-state index is 12.8. The third-order valence-corrected chi connectivity index (χ3v) is 8.57. The Bertz CT molecular complexity index is 1280. The van der Waals surface area contributed by atoms with Gasteiger partial charge in [-0.3, -0.25) is 4.90 Å². The number of hydrogen-bond donors (Lipinski definition) is 3. The van der Waals surface area contributed by atoms with Gasteiger partial charge in [0.25, 0.3) is 0 Å². The SMILES string of the molecule is Cc1ccc(NC(=O)N2CCCCC2)cc1N1CCC2=C(CN=C(Nc3ccc(OCCN4CCCC4)cc3)N2)C1. The smallest absolute Gasteiger partial charge is 0.321 e. The Balaban J connectivity index is 1.01. The second kappa shape index (κ2) is 12.9. The number of anilines is 3. The molecule has 2 saturated heterocycles. The lowest BCUT2D eigenvalue weighted by Gasteiger charge is -2.35. The Morgan fingerprint density at radius 2 is 1.71 bits per heavy atom. The van der Waals surface area contributed by atoms with Crippen molar-refractivity contribution >= 4 is 29.1 Å². The number of nitrogens with zero attached hydrogens (tertiary/aromatic N) is 4. The molecule has 0 aromatic heterocycles. The van der Waals surface area contributed by atoms with Crippen LogP contribution < -0.4 is 25.6 Å². The summed E-state index contributed by atoms with van der Waals surface area (Å²) >= 11 is 0. The molecule has 41 heavy (non-hydrogen) atoms. The zero-order valence-electron chi connectivity index (χ0n) is 24.3. The topological polar surface area (TPSA) is 84.5 Å². The number of hydrogen-bond acceptors (Lipinski definition) is 7. The molecule has 0 atom stereocenters. The van der Waals surface area contributed by atoms with E-state index >= 15 is 0 Å². The maximum Gasteiger partial charge on any atom is 0.321 e. The predicted molar refractivity (Wildman–Crippen MR) is 166 cm³/mol. The number of amides is 2. The normalized spacial score (nSPS) is 19.4. The van der Waals surface area contributed by atoms with Crippen molar-refractivity contribution in [3.8, 4) is 5.75 Å². The molecule has 2 aromatic rings. The van der Waals surface area contributed by atoms with Crippen LogP contribution in [-0.2, 0) is 0 Å². The summed E-state index contributed by atoms with van der Waals surface area (Å²) in [6, 6.07) is 14.4. The first kappa shape index (κ1) is 27.4. The minimum absolute atomic E-state index is 0.00803. The number of benzene rings is 2. The number of aryl methyl sites for hydroxylation is 1. The summed E-state index contributed by atoms with van der Waals surface area (Å²) in [5, 5.41) is 10.1. The molecule has 9 heteroatoms. The average molecular weight is 558 g/mol. The number of aliphatic imine (C=N–C) groups is 1. The van der Waals surface area contributed by atoms with Crippen molar-refractivity contribution in [2.75, 3.05) is 74.5 Å². The van der Waals surface area contributed by atoms with E-state index in [1.165, 1.54) is 54.9 Å². The van der Waals surface area contributed by atoms with Gasteiger partial charge in [0.15, 0.2) is 5.96 Å². The lowest BCUT2D eigenvalue weighted by Crippen LogP contribution is -2.42. The third-order valence-electron chi connectivity index (χ3n) is 8.57. The first-order chi connectivity index (χ1) is 20.1. The fourth-order valence-corrected chi connectivity index (χ4v) is 6.16. The lowest BCUT2D eigenvalue weighted by atomic mass is 10.0. The number of piperidine rings is 1. The van der Waals surface area contributed by atoms with Crippen LogP contribution in [0, 0.1) is 6.92 Å². The number of carbonyl (C=O) groups excluding carboxylic acids is 1. The van der Waals surface area contributed by atoms with Gasteiger partial charge in [0, 0.05) is 61.9 Å². The Morgan fingerprint density at radius 1 is 0.951 bits per heavy atom. The molecule has 4 heterocycles. The zero-order chi connectivity index (χ0) is 28.0. The monoisotopic (exact) mass is 557 g/mol. The van der Waals surface area contributed by atoms with Crippen LogP contribution in [0.4, 0.5) is 21.9 Å². The van der Waals surface area contributed by atoms with E-state index < -0.39 is 0 Å². The van der Waals surface area contributed by atoms with E-state index in [9.17, 15) is 4.79 Å². The highest BCUT2D eigenvalue weighted by Crippen LogP contribution is 2.30. The van der Waals surface area contributed by atoms with Crippen LogP contribution in [0.25, 0.3) is 0 Å². The second-order valence-electron chi connectivity index (χ2n) is 11.6. The lowest BCUT2D eigenvalue weighted by molar-refractivity contribution is 0.200. The maximum atomic E-state index is 12.8. The van der Waals surface area contributed by atoms with Crippen LogP contribution in [0.2, 0.25) is 0 Å². The summed E-state index contributed by atoms with van der Waals surface area (Å²) in [6.07, 6.45) is 6.93. The second-order valence-corrected chi connectivity index (χ2v) is 11.6. The molecule has 0 radical (unpaired) electrons. The van der Waals surface area contributed by atoms with E-state index in [0.29, 0.717) is 6.54 Å². The van der Waals surface area contributed by atoms with Crippen molar-refractivity contribution in [3.05, 3.63) is 59.3 Å². The van der Waals surface area contributed by atoms with Gasteiger partial charge < -0.3 is 30.5 Å². The fourth-order valence-electron chi connectivity index (χ4n) is 6.16. The van der Waals surface area contributed by atoms with E-state index in [0.717, 1.165) is 81.7 Å². The van der Waals surface area contributed by atoms with E-state index in [1.54, 1.807) is 0 Å². The molecular formula is C32H43N7O2. The number of likely N-dealkylation sites (tertiary alicyclic amines) is 2. The van der Waals surface area contributed by atoms with E-state index in [2.05, 4.69) is 44.8 Å². The Morgan fingerprint density at radius 3 is 2.51 bits per heavy atom. The highest BCUT2D eigenvalue weighted by Gasteiger charge is 2.24. The highest BCUT2D eigenvalue weighted by molar-refractivity contribution is 5.95. The van der Waals surface area contributed by atoms with Crippen LogP contribution in [0.3, 0.4) is 0 Å². The van der Waals surface area contributed by atoms with Gasteiger partial charge in [-0.2, -0.15) is 0 Å². The Labute approximate surface area is 243 Å². The van der Waals surface area contributed by atoms with Gasteiger partial charge in [-0.15, -0.1) is 0 Å². The molecule has 4 aliphatic heterocycles. The predicted octanol–water partition coefficient (Wildman–Crippen LogP) is 5.02. The molecule has 6 rings (SSSR count). The van der Waals surface area contributed by atoms with Crippen LogP contribution in [0.5, 0.6) is 5.75 Å². The van der Waals surface area contributed by atoms with Crippen molar-refractivity contribution < 1.29 is 9.53 Å². The Hall–Kier alpha value is -3.72. The van der Waals surface area contributed by atoms with E-state index in [1.807, 2.05) is 35.2 Å². The molecule has 0 aliphatic carbocycles. The minimum atomic E-state index is 0.00803. The summed E-state index contributed by atoms with van der Waals surface area (Å²) in [6.45, 7) is 10.4. The molecule has 0 unspecified atom stereocenters. The number of urea groups is 1. The average Bonchev–Trinajstić information content (AvgIpc) is 3.53. The van der Waals surface area contributed by atoms with Gasteiger partial charge in [-0.25, -0.2) is 9.79 Å². The molecule has 218 valence electrons. The molecule has 0 spiro atoms. The number of rotatable bonds is 7. The van der Waals surface area contributed by atoms with Gasteiger partial charge >= 0.3 is 6.03 Å². The van der Waals surface area contributed by atoms with Crippen LogP contribution in [0.1, 0.15) is 44.1 Å².